The molecule has 2 amide bonds. The number of aliphatic imine (C=N–C) groups is 1. The molecule has 4 aromatic rings. The Morgan fingerprint density at radius 3 is 2.43 bits per heavy atom. The maximum atomic E-state index is 13.5. The molecule has 2 atom stereocenters. The Morgan fingerprint density at radius 1 is 0.913 bits per heavy atom. The first kappa shape index (κ1) is 30.0. The number of nitrogens with one attached hydrogen (secondary N) is 2. The number of allylic oxidation sites excluding steroid dienone is 1. The van der Waals surface area contributed by atoms with Crippen LogP contribution in [0.25, 0.3) is 11.3 Å². The molecule has 3 aliphatic rings. The van der Waals surface area contributed by atoms with Gasteiger partial charge in [-0.1, -0.05) is 74.9 Å². The van der Waals surface area contributed by atoms with Crippen molar-refractivity contribution >= 4 is 29.0 Å². The average Bonchev–Trinajstić information content (AvgIpc) is 3.68. The van der Waals surface area contributed by atoms with E-state index in [4.69, 9.17) is 9.73 Å². The van der Waals surface area contributed by atoms with Gasteiger partial charge in [-0.25, -0.2) is 4.79 Å². The van der Waals surface area contributed by atoms with E-state index in [0.717, 1.165) is 77.1 Å². The molecule has 0 unspecified atom stereocenters. The molecule has 238 valence electrons. The molecule has 2 aromatic carbocycles. The van der Waals surface area contributed by atoms with E-state index < -0.39 is 0 Å². The van der Waals surface area contributed by atoms with Gasteiger partial charge in [0.1, 0.15) is 11.9 Å². The zero-order chi connectivity index (χ0) is 31.8. The molecule has 7 rings (SSSR count). The van der Waals surface area contributed by atoms with Crippen molar-refractivity contribution in [2.24, 2.45) is 10.4 Å². The van der Waals surface area contributed by atoms with E-state index >= 15 is 0 Å². The van der Waals surface area contributed by atoms with Crippen LogP contribution in [0.4, 0.5) is 10.7 Å². The van der Waals surface area contributed by atoms with Crippen LogP contribution in [0.5, 0.6) is 5.75 Å². The Bertz CT molecular complexity index is 1810. The molecule has 9 heteroatoms. The minimum Gasteiger partial charge on any atom is -0.484 e. The van der Waals surface area contributed by atoms with Crippen molar-refractivity contribution in [2.75, 3.05) is 18.0 Å². The van der Waals surface area contributed by atoms with Crippen molar-refractivity contribution in [1.82, 2.24) is 25.2 Å². The molecule has 2 aliphatic heterocycles. The fourth-order valence-electron chi connectivity index (χ4n) is 6.74. The number of aryl methyl sites for hydroxylation is 1. The van der Waals surface area contributed by atoms with Crippen molar-refractivity contribution in [2.45, 2.75) is 78.4 Å². The number of rotatable bonds is 6. The van der Waals surface area contributed by atoms with Crippen LogP contribution in [-0.4, -0.2) is 39.4 Å². The third kappa shape index (κ3) is 6.10. The molecule has 1 fully saturated rings. The molecule has 0 radical (unpaired) electrons. The Labute approximate surface area is 270 Å². The smallest absolute Gasteiger partial charge is 0.319 e. The number of benzene rings is 2. The standard InChI is InChI=1S/C37H43N7O2/c1-24-12-14-25(15-13-24)34-30(22-32(40-34)37(2,3)4)39-35(45)38-29-17-18-31(28-11-7-6-10-27(28)29)46-26-16-19-33-41-42-36(44(33)23-26)43-20-8-5-9-21-43/h6-7,10-16,19,23,29,31H,5,8-9,17-18,20-22H2,1-4H3,(H2,38,39,45)/t29-,31+/m0/s1. The first-order valence-corrected chi connectivity index (χ1v) is 16.5. The summed E-state index contributed by atoms with van der Waals surface area (Å²) >= 11 is 0. The summed E-state index contributed by atoms with van der Waals surface area (Å²) in [6.07, 6.45) is 7.65. The second kappa shape index (κ2) is 12.3. The van der Waals surface area contributed by atoms with Gasteiger partial charge in [-0.05, 0) is 62.3 Å². The summed E-state index contributed by atoms with van der Waals surface area (Å²) in [6, 6.07) is 20.2. The van der Waals surface area contributed by atoms with E-state index in [1.807, 2.05) is 34.9 Å². The molecule has 2 aromatic heterocycles. The monoisotopic (exact) mass is 617 g/mol. The number of ether oxygens (including phenoxy) is 1. The zero-order valence-corrected chi connectivity index (χ0v) is 27.2. The Balaban J connectivity index is 1.07. The summed E-state index contributed by atoms with van der Waals surface area (Å²) < 4.78 is 8.67. The molecular formula is C37H43N7O2. The van der Waals surface area contributed by atoms with Crippen LogP contribution >= 0.6 is 0 Å². The number of anilines is 1. The van der Waals surface area contributed by atoms with Gasteiger partial charge in [0.2, 0.25) is 5.95 Å². The van der Waals surface area contributed by atoms with E-state index in [9.17, 15) is 4.79 Å². The topological polar surface area (TPSA) is 96.1 Å². The lowest BCUT2D eigenvalue weighted by Gasteiger charge is -2.32. The van der Waals surface area contributed by atoms with E-state index in [1.165, 1.54) is 24.8 Å². The molecular weight excluding hydrogens is 574 g/mol. The van der Waals surface area contributed by atoms with E-state index in [-0.39, 0.29) is 23.6 Å². The molecule has 4 heterocycles. The van der Waals surface area contributed by atoms with E-state index in [1.54, 1.807) is 0 Å². The highest BCUT2D eigenvalue weighted by Crippen LogP contribution is 2.39. The summed E-state index contributed by atoms with van der Waals surface area (Å²) in [4.78, 5) is 20.9. The van der Waals surface area contributed by atoms with Crippen molar-refractivity contribution in [3.05, 3.63) is 94.8 Å². The molecule has 1 saturated heterocycles. The molecule has 0 saturated carbocycles. The molecule has 0 bridgehead atoms. The van der Waals surface area contributed by atoms with Gasteiger partial charge in [0.05, 0.1) is 23.6 Å². The van der Waals surface area contributed by atoms with Crippen LogP contribution in [0.15, 0.2) is 77.5 Å². The highest BCUT2D eigenvalue weighted by atomic mass is 16.5. The van der Waals surface area contributed by atoms with Crippen LogP contribution in [-0.2, 0) is 0 Å². The van der Waals surface area contributed by atoms with Crippen molar-refractivity contribution < 1.29 is 9.53 Å². The predicted octanol–water partition coefficient (Wildman–Crippen LogP) is 7.54. The van der Waals surface area contributed by atoms with Gasteiger partial charge in [-0.15, -0.1) is 10.2 Å². The predicted molar refractivity (Wildman–Crippen MR) is 182 cm³/mol. The molecule has 1 aliphatic carbocycles. The van der Waals surface area contributed by atoms with E-state index in [2.05, 4.69) is 89.8 Å². The lowest BCUT2D eigenvalue weighted by molar-refractivity contribution is 0.171. The third-order valence-corrected chi connectivity index (χ3v) is 9.35. The van der Waals surface area contributed by atoms with Gasteiger partial charge in [0, 0.05) is 36.2 Å². The van der Waals surface area contributed by atoms with Crippen molar-refractivity contribution in [3.8, 4) is 5.75 Å². The van der Waals surface area contributed by atoms with Crippen LogP contribution in [0.2, 0.25) is 0 Å². The maximum Gasteiger partial charge on any atom is 0.319 e. The van der Waals surface area contributed by atoms with Crippen molar-refractivity contribution in [3.63, 3.8) is 0 Å². The van der Waals surface area contributed by atoms with Gasteiger partial charge >= 0.3 is 6.03 Å². The van der Waals surface area contributed by atoms with Crippen LogP contribution in [0.3, 0.4) is 0 Å². The summed E-state index contributed by atoms with van der Waals surface area (Å²) in [6.45, 7) is 10.6. The minimum absolute atomic E-state index is 0.0960. The second-order valence-electron chi connectivity index (χ2n) is 13.8. The fraction of sp³-hybridized carbons (Fsp3) is 0.405. The SMILES string of the molecule is Cc1ccc(C2=C(NC(=O)N[C@H]3CC[C@@H](Oc4ccc5nnc(N6CCCCC6)n5c4)c4ccccc43)CC(C(C)(C)C)=N2)cc1. The maximum absolute atomic E-state index is 13.5. The first-order valence-electron chi connectivity index (χ1n) is 16.5. The normalized spacial score (nSPS) is 20.0. The minimum atomic E-state index is -0.215. The van der Waals surface area contributed by atoms with Gasteiger partial charge in [0.25, 0.3) is 0 Å². The summed E-state index contributed by atoms with van der Waals surface area (Å²) in [5, 5.41) is 15.3. The molecule has 0 spiro atoms. The van der Waals surface area contributed by atoms with Crippen LogP contribution < -0.4 is 20.3 Å². The number of aromatic nitrogens is 3. The lowest BCUT2D eigenvalue weighted by Crippen LogP contribution is -2.39. The largest absolute Gasteiger partial charge is 0.484 e. The summed E-state index contributed by atoms with van der Waals surface area (Å²) in [5.74, 6) is 1.66. The number of urea groups is 1. The summed E-state index contributed by atoms with van der Waals surface area (Å²) in [5.41, 5.74) is 7.84. The van der Waals surface area contributed by atoms with Crippen molar-refractivity contribution in [1.29, 1.82) is 0 Å². The number of piperidine rings is 1. The van der Waals surface area contributed by atoms with Crippen LogP contribution in [0, 0.1) is 12.3 Å². The Kier molecular flexibility index (Phi) is 8.01. The highest BCUT2D eigenvalue weighted by molar-refractivity contribution is 6.01. The lowest BCUT2D eigenvalue weighted by atomic mass is 9.85. The number of amides is 2. The third-order valence-electron chi connectivity index (χ3n) is 9.35. The number of hydrogen-bond acceptors (Lipinski definition) is 6. The highest BCUT2D eigenvalue weighted by Gasteiger charge is 2.32. The van der Waals surface area contributed by atoms with Gasteiger partial charge < -0.3 is 20.3 Å². The second-order valence-corrected chi connectivity index (χ2v) is 13.8. The number of carbonyl (C=O) groups excluding carboxylic acids is 1. The Morgan fingerprint density at radius 2 is 1.67 bits per heavy atom. The molecule has 46 heavy (non-hydrogen) atoms. The first-order chi connectivity index (χ1) is 22.2. The fourth-order valence-corrected chi connectivity index (χ4v) is 6.74. The number of nitrogens with zero attached hydrogens (tertiary/aromatic N) is 5. The van der Waals surface area contributed by atoms with E-state index in [0.29, 0.717) is 6.42 Å². The van der Waals surface area contributed by atoms with Crippen LogP contribution in [0.1, 0.15) is 93.7 Å². The number of carbonyl (C=O) groups is 1. The number of fused-ring (bicyclic) bond motifs is 2. The average molecular weight is 618 g/mol. The van der Waals surface area contributed by atoms with Gasteiger partial charge in [0.15, 0.2) is 5.65 Å². The quantitative estimate of drug-likeness (QED) is 0.233. The van der Waals surface area contributed by atoms with Gasteiger partial charge in [-0.3, -0.25) is 9.39 Å². The molecule has 9 nitrogen and oxygen atoms in total. The zero-order valence-electron chi connectivity index (χ0n) is 27.2. The number of pyridine rings is 1. The number of hydrogen-bond donors (Lipinski definition) is 2. The van der Waals surface area contributed by atoms with Gasteiger partial charge in [-0.2, -0.15) is 0 Å². The molecule has 2 N–H and O–H groups in total. The summed E-state index contributed by atoms with van der Waals surface area (Å²) in [7, 11) is 0. The Hall–Kier alpha value is -4.66.